The number of nitrogens with two attached hydrogens (primary N) is 1. The molecule has 32 heavy (non-hydrogen) atoms. The van der Waals surface area contributed by atoms with E-state index < -0.39 is 17.7 Å². The second kappa shape index (κ2) is 8.76. The van der Waals surface area contributed by atoms with Gasteiger partial charge in [-0.1, -0.05) is 0 Å². The smallest absolute Gasteiger partial charge is 0.255 e. The number of carbonyl (C=O) groups is 1. The molecular formula is C21H25FN8O2. The first kappa shape index (κ1) is 22.9. The van der Waals surface area contributed by atoms with E-state index >= 15 is 0 Å². The Morgan fingerprint density at radius 3 is 2.72 bits per heavy atom. The molecule has 0 aliphatic heterocycles. The van der Waals surface area contributed by atoms with E-state index in [-0.39, 0.29) is 29.5 Å². The molecule has 0 aliphatic rings. The number of carbonyl (C=O) groups excluding carboxylic acids is 1. The van der Waals surface area contributed by atoms with Crippen molar-refractivity contribution in [2.75, 3.05) is 17.6 Å². The fraction of sp³-hybridized carbons (Fsp3) is 0.381. The summed E-state index contributed by atoms with van der Waals surface area (Å²) in [4.78, 5) is 25.5. The van der Waals surface area contributed by atoms with Crippen molar-refractivity contribution in [1.29, 1.82) is 5.26 Å². The van der Waals surface area contributed by atoms with Crippen LogP contribution < -0.4 is 16.4 Å². The molecule has 168 valence electrons. The molecule has 0 aromatic carbocycles. The van der Waals surface area contributed by atoms with Crippen LogP contribution in [0.25, 0.3) is 17.0 Å². The third-order valence-electron chi connectivity index (χ3n) is 4.71. The molecule has 3 aromatic heterocycles. The highest BCUT2D eigenvalue weighted by atomic mass is 19.1. The average molecular weight is 440 g/mol. The van der Waals surface area contributed by atoms with Crippen molar-refractivity contribution in [3.8, 4) is 11.9 Å². The molecule has 1 amide bonds. The SMILES string of the molecule is CC(C)Nc1cc(-n2cnc3cc(C#N)c(N)nc32)ncc1C(=O)NC[C@@H](F)C(C)(C)O. The predicted molar refractivity (Wildman–Crippen MR) is 118 cm³/mol. The van der Waals surface area contributed by atoms with Crippen LogP contribution in [-0.4, -0.2) is 54.9 Å². The first-order valence-corrected chi connectivity index (χ1v) is 9.96. The molecule has 3 aromatic rings. The average Bonchev–Trinajstić information content (AvgIpc) is 3.12. The van der Waals surface area contributed by atoms with E-state index in [1.54, 1.807) is 16.7 Å². The Morgan fingerprint density at radius 2 is 2.09 bits per heavy atom. The Kier molecular flexibility index (Phi) is 6.27. The Bertz CT molecular complexity index is 1190. The number of hydrogen-bond donors (Lipinski definition) is 4. The minimum absolute atomic E-state index is 0.00594. The van der Waals surface area contributed by atoms with Crippen LogP contribution in [0.3, 0.4) is 0 Å². The number of alkyl halides is 1. The summed E-state index contributed by atoms with van der Waals surface area (Å²) in [5, 5.41) is 24.5. The number of imidazole rings is 1. The van der Waals surface area contributed by atoms with Gasteiger partial charge in [-0.05, 0) is 33.8 Å². The molecule has 1 atom stereocenters. The normalized spacial score (nSPS) is 12.6. The molecule has 3 rings (SSSR count). The third kappa shape index (κ3) is 4.76. The van der Waals surface area contributed by atoms with Crippen molar-refractivity contribution in [1.82, 2.24) is 24.8 Å². The largest absolute Gasteiger partial charge is 0.387 e. The van der Waals surface area contributed by atoms with E-state index in [1.807, 2.05) is 19.9 Å². The van der Waals surface area contributed by atoms with Crippen molar-refractivity contribution in [3.63, 3.8) is 0 Å². The second-order valence-corrected chi connectivity index (χ2v) is 8.21. The number of pyridine rings is 2. The minimum Gasteiger partial charge on any atom is -0.387 e. The number of fused-ring (bicyclic) bond motifs is 1. The summed E-state index contributed by atoms with van der Waals surface area (Å²) in [6.45, 7) is 6.14. The number of nitrogens with zero attached hydrogens (tertiary/aromatic N) is 5. The maximum absolute atomic E-state index is 14.0. The van der Waals surface area contributed by atoms with Crippen LogP contribution >= 0.6 is 0 Å². The lowest BCUT2D eigenvalue weighted by Gasteiger charge is -2.23. The maximum atomic E-state index is 14.0. The molecule has 10 nitrogen and oxygen atoms in total. The fourth-order valence-electron chi connectivity index (χ4n) is 2.93. The van der Waals surface area contributed by atoms with Gasteiger partial charge in [-0.2, -0.15) is 5.26 Å². The standard InChI is InChI=1S/C21H25FN8O2/c1-11(2)28-14-6-17(25-8-13(14)20(31)26-9-16(22)21(3,4)32)30-10-27-15-5-12(7-23)18(24)29-19(15)30/h5-6,8,10-11,16,32H,9H2,1-4H3,(H2,24,29)(H,25,28)(H,26,31)/t16-/m1/s1. The Balaban J connectivity index is 1.97. The number of halogens is 1. The minimum atomic E-state index is -1.63. The highest BCUT2D eigenvalue weighted by Gasteiger charge is 2.27. The summed E-state index contributed by atoms with van der Waals surface area (Å²) >= 11 is 0. The molecule has 0 aliphatic carbocycles. The Hall–Kier alpha value is -3.78. The van der Waals surface area contributed by atoms with Crippen LogP contribution in [0.2, 0.25) is 0 Å². The molecule has 0 saturated carbocycles. The van der Waals surface area contributed by atoms with Gasteiger partial charge in [-0.3, -0.25) is 9.36 Å². The number of nitrogens with one attached hydrogen (secondary N) is 2. The molecule has 3 heterocycles. The predicted octanol–water partition coefficient (Wildman–Crippen LogP) is 1.93. The van der Waals surface area contributed by atoms with Crippen LogP contribution in [-0.2, 0) is 0 Å². The lowest BCUT2D eigenvalue weighted by Crippen LogP contribution is -2.42. The topological polar surface area (TPSA) is 155 Å². The van der Waals surface area contributed by atoms with E-state index in [2.05, 4.69) is 25.6 Å². The zero-order chi connectivity index (χ0) is 23.6. The number of nitriles is 1. The van der Waals surface area contributed by atoms with Gasteiger partial charge in [0.2, 0.25) is 0 Å². The highest BCUT2D eigenvalue weighted by Crippen LogP contribution is 2.24. The second-order valence-electron chi connectivity index (χ2n) is 8.21. The molecule has 0 spiro atoms. The number of rotatable bonds is 7. The van der Waals surface area contributed by atoms with Crippen molar-refractivity contribution in [2.45, 2.75) is 45.5 Å². The lowest BCUT2D eigenvalue weighted by molar-refractivity contribution is -0.00177. The molecular weight excluding hydrogens is 415 g/mol. The molecule has 5 N–H and O–H groups in total. The summed E-state index contributed by atoms with van der Waals surface area (Å²) in [6.07, 6.45) is 1.23. The Morgan fingerprint density at radius 1 is 1.38 bits per heavy atom. The number of hydrogen-bond acceptors (Lipinski definition) is 8. The van der Waals surface area contributed by atoms with Crippen LogP contribution in [0.15, 0.2) is 24.7 Å². The van der Waals surface area contributed by atoms with Crippen molar-refractivity contribution >= 4 is 28.6 Å². The number of aliphatic hydroxyl groups is 1. The van der Waals surface area contributed by atoms with E-state index in [9.17, 15) is 14.3 Å². The number of nitrogen functional groups attached to an aromatic ring is 1. The first-order valence-electron chi connectivity index (χ1n) is 9.96. The summed E-state index contributed by atoms with van der Waals surface area (Å²) in [5.41, 5.74) is 6.07. The van der Waals surface area contributed by atoms with Crippen LogP contribution in [0.1, 0.15) is 43.6 Å². The summed E-state index contributed by atoms with van der Waals surface area (Å²) in [7, 11) is 0. The van der Waals surface area contributed by atoms with E-state index in [4.69, 9.17) is 11.0 Å². The zero-order valence-corrected chi connectivity index (χ0v) is 18.2. The van der Waals surface area contributed by atoms with Gasteiger partial charge in [0.1, 0.15) is 35.7 Å². The number of anilines is 2. The van der Waals surface area contributed by atoms with E-state index in [0.717, 1.165) is 0 Å². The summed E-state index contributed by atoms with van der Waals surface area (Å²) < 4.78 is 15.6. The van der Waals surface area contributed by atoms with Gasteiger partial charge < -0.3 is 21.5 Å². The van der Waals surface area contributed by atoms with Gasteiger partial charge >= 0.3 is 0 Å². The highest BCUT2D eigenvalue weighted by molar-refractivity contribution is 5.99. The third-order valence-corrected chi connectivity index (χ3v) is 4.71. The van der Waals surface area contributed by atoms with Gasteiger partial charge in [-0.15, -0.1) is 0 Å². The molecule has 0 fully saturated rings. The van der Waals surface area contributed by atoms with Crippen molar-refractivity contribution in [2.24, 2.45) is 0 Å². The molecule has 0 saturated heterocycles. The zero-order valence-electron chi connectivity index (χ0n) is 18.2. The monoisotopic (exact) mass is 440 g/mol. The summed E-state index contributed by atoms with van der Waals surface area (Å²) in [6, 6.07) is 5.15. The summed E-state index contributed by atoms with van der Waals surface area (Å²) in [5.74, 6) is -0.0369. The van der Waals surface area contributed by atoms with Gasteiger partial charge in [0.25, 0.3) is 5.91 Å². The molecule has 11 heteroatoms. The van der Waals surface area contributed by atoms with Gasteiger partial charge in [0.05, 0.1) is 29.0 Å². The van der Waals surface area contributed by atoms with Crippen molar-refractivity contribution < 1.29 is 14.3 Å². The van der Waals surface area contributed by atoms with Gasteiger partial charge in [0, 0.05) is 18.3 Å². The molecule has 0 bridgehead atoms. The van der Waals surface area contributed by atoms with Crippen LogP contribution in [0.5, 0.6) is 0 Å². The molecule has 0 unspecified atom stereocenters. The van der Waals surface area contributed by atoms with Crippen LogP contribution in [0.4, 0.5) is 15.9 Å². The van der Waals surface area contributed by atoms with Crippen molar-refractivity contribution in [3.05, 3.63) is 35.8 Å². The Labute approximate surface area is 184 Å². The molecule has 0 radical (unpaired) electrons. The number of amides is 1. The number of aromatic nitrogens is 4. The van der Waals surface area contributed by atoms with E-state index in [1.165, 1.54) is 26.4 Å². The lowest BCUT2D eigenvalue weighted by atomic mass is 10.0. The fourth-order valence-corrected chi connectivity index (χ4v) is 2.93. The quantitative estimate of drug-likeness (QED) is 0.434. The van der Waals surface area contributed by atoms with Gasteiger partial charge in [-0.25, -0.2) is 19.3 Å². The van der Waals surface area contributed by atoms with Gasteiger partial charge in [0.15, 0.2) is 5.65 Å². The maximum Gasteiger partial charge on any atom is 0.255 e. The first-order chi connectivity index (χ1) is 15.0. The van der Waals surface area contributed by atoms with Crippen LogP contribution in [0, 0.1) is 11.3 Å². The van der Waals surface area contributed by atoms with E-state index in [0.29, 0.717) is 22.7 Å².